The molecule has 3 heterocycles. The van der Waals surface area contributed by atoms with Crippen LogP contribution in [0.2, 0.25) is 0 Å². The lowest BCUT2D eigenvalue weighted by Gasteiger charge is -2.13. The van der Waals surface area contributed by atoms with Gasteiger partial charge in [0.2, 0.25) is 0 Å². The molecule has 0 saturated carbocycles. The van der Waals surface area contributed by atoms with Crippen LogP contribution in [0, 0.1) is 0 Å². The van der Waals surface area contributed by atoms with Gasteiger partial charge < -0.3 is 4.42 Å². The molecule has 0 aliphatic heterocycles. The Morgan fingerprint density at radius 3 is 1.90 bits per heavy atom. The van der Waals surface area contributed by atoms with E-state index in [1.807, 2.05) is 36.5 Å². The van der Waals surface area contributed by atoms with E-state index in [-0.39, 0.29) is 0 Å². The molecule has 0 atom stereocenters. The molecule has 0 aliphatic rings. The fourth-order valence-electron chi connectivity index (χ4n) is 7.29. The lowest BCUT2D eigenvalue weighted by atomic mass is 9.92. The zero-order valence-corrected chi connectivity index (χ0v) is 27.5. The molecule has 51 heavy (non-hydrogen) atoms. The van der Waals surface area contributed by atoms with Crippen molar-refractivity contribution in [3.63, 3.8) is 0 Å². The molecule has 238 valence electrons. The minimum atomic E-state index is 0.614. The van der Waals surface area contributed by atoms with E-state index in [1.165, 1.54) is 27.1 Å². The van der Waals surface area contributed by atoms with Crippen LogP contribution in [0.25, 0.3) is 99.6 Å². The van der Waals surface area contributed by atoms with Crippen LogP contribution in [0.5, 0.6) is 0 Å². The van der Waals surface area contributed by atoms with Gasteiger partial charge in [-0.15, -0.1) is 0 Å². The molecule has 0 bridgehead atoms. The summed E-state index contributed by atoms with van der Waals surface area (Å²) in [5, 5.41) is 7.11. The molecular formula is C47H29N3O. The topological polar surface area (TPSA) is 51.8 Å². The van der Waals surface area contributed by atoms with E-state index in [2.05, 4.69) is 138 Å². The molecule has 0 N–H and O–H groups in total. The van der Waals surface area contributed by atoms with Gasteiger partial charge in [-0.2, -0.15) is 0 Å². The van der Waals surface area contributed by atoms with Crippen molar-refractivity contribution in [2.75, 3.05) is 0 Å². The number of fused-ring (bicyclic) bond motifs is 6. The molecule has 10 aromatic rings. The fraction of sp³-hybridized carbons (Fsp3) is 0. The molecule has 0 amide bonds. The monoisotopic (exact) mass is 651 g/mol. The average Bonchev–Trinajstić information content (AvgIpc) is 3.60. The second kappa shape index (κ2) is 11.9. The maximum Gasteiger partial charge on any atom is 0.164 e. The Hall–Kier alpha value is -6.91. The number of rotatable bonds is 5. The van der Waals surface area contributed by atoms with Crippen molar-refractivity contribution in [1.82, 2.24) is 15.0 Å². The summed E-state index contributed by atoms with van der Waals surface area (Å²) in [6.07, 6.45) is 3.68. The van der Waals surface area contributed by atoms with E-state index < -0.39 is 0 Å². The van der Waals surface area contributed by atoms with Gasteiger partial charge in [-0.3, -0.25) is 4.98 Å². The zero-order chi connectivity index (χ0) is 33.7. The van der Waals surface area contributed by atoms with Gasteiger partial charge >= 0.3 is 0 Å². The van der Waals surface area contributed by atoms with Crippen LogP contribution >= 0.6 is 0 Å². The molecule has 0 fully saturated rings. The SMILES string of the molecule is c1cncc(-c2cccc(-c3cc(-c4ccc(-c5cc6ccccc6c6ccccc56)cc4)nc(-c4cccc5c4oc4ccccc45)n3)c2)c1. The van der Waals surface area contributed by atoms with Gasteiger partial charge in [-0.25, -0.2) is 9.97 Å². The van der Waals surface area contributed by atoms with Crippen LogP contribution in [0.15, 0.2) is 181 Å². The molecule has 0 unspecified atom stereocenters. The standard InChI is InChI=1S/C47H29N3O/c1-2-14-36-33(10-1)27-42(38-16-4-3-15-37(36)38)30-21-23-31(24-22-30)43-28-44(34-12-7-11-32(26-34)35-13-9-25-48-29-35)50-47(49-43)41-19-8-18-40-39-17-5-6-20-45(39)51-46(40)41/h1-29H. The second-order valence-corrected chi connectivity index (χ2v) is 12.8. The summed E-state index contributed by atoms with van der Waals surface area (Å²) >= 11 is 0. The summed E-state index contributed by atoms with van der Waals surface area (Å²) in [6.45, 7) is 0. The van der Waals surface area contributed by atoms with Crippen molar-refractivity contribution < 1.29 is 4.42 Å². The van der Waals surface area contributed by atoms with E-state index in [0.717, 1.165) is 66.7 Å². The summed E-state index contributed by atoms with van der Waals surface area (Å²) in [4.78, 5) is 14.8. The maximum absolute atomic E-state index is 6.45. The van der Waals surface area contributed by atoms with E-state index in [4.69, 9.17) is 14.4 Å². The third-order valence-electron chi connectivity index (χ3n) is 9.78. The van der Waals surface area contributed by atoms with Crippen LogP contribution in [0.3, 0.4) is 0 Å². The van der Waals surface area contributed by atoms with Crippen LogP contribution in [-0.2, 0) is 0 Å². The lowest BCUT2D eigenvalue weighted by Crippen LogP contribution is -1.96. The van der Waals surface area contributed by atoms with Crippen molar-refractivity contribution in [3.8, 4) is 56.2 Å². The first-order valence-electron chi connectivity index (χ1n) is 17.1. The first-order chi connectivity index (χ1) is 25.3. The Morgan fingerprint density at radius 2 is 1.06 bits per heavy atom. The number of aromatic nitrogens is 3. The Kier molecular flexibility index (Phi) is 6.78. The third kappa shape index (κ3) is 5.04. The Balaban J connectivity index is 1.14. The molecule has 3 aromatic heterocycles. The van der Waals surface area contributed by atoms with Gasteiger partial charge in [-0.1, -0.05) is 127 Å². The van der Waals surface area contributed by atoms with Crippen molar-refractivity contribution in [3.05, 3.63) is 176 Å². The van der Waals surface area contributed by atoms with E-state index in [9.17, 15) is 0 Å². The molecule has 0 saturated heterocycles. The number of benzene rings is 7. The quantitative estimate of drug-likeness (QED) is 0.174. The van der Waals surface area contributed by atoms with Crippen molar-refractivity contribution in [2.24, 2.45) is 0 Å². The first-order valence-corrected chi connectivity index (χ1v) is 17.1. The lowest BCUT2D eigenvalue weighted by molar-refractivity contribution is 0.669. The molecule has 7 aromatic carbocycles. The van der Waals surface area contributed by atoms with Gasteiger partial charge in [-0.05, 0) is 74.6 Å². The van der Waals surface area contributed by atoms with Crippen molar-refractivity contribution >= 4 is 43.5 Å². The van der Waals surface area contributed by atoms with Crippen LogP contribution in [0.1, 0.15) is 0 Å². The Labute approximate surface area is 294 Å². The van der Waals surface area contributed by atoms with Gasteiger partial charge in [0.1, 0.15) is 11.2 Å². The number of hydrogen-bond acceptors (Lipinski definition) is 4. The molecule has 10 rings (SSSR count). The molecule has 0 aliphatic carbocycles. The molecule has 0 spiro atoms. The van der Waals surface area contributed by atoms with Gasteiger partial charge in [0.25, 0.3) is 0 Å². The minimum absolute atomic E-state index is 0.614. The highest BCUT2D eigenvalue weighted by atomic mass is 16.3. The number of pyridine rings is 1. The Morgan fingerprint density at radius 1 is 0.392 bits per heavy atom. The summed E-state index contributed by atoms with van der Waals surface area (Å²) in [5.74, 6) is 0.614. The average molecular weight is 652 g/mol. The number of furan rings is 1. The third-order valence-corrected chi connectivity index (χ3v) is 9.78. The Bertz CT molecular complexity index is 2910. The summed E-state index contributed by atoms with van der Waals surface area (Å²) in [6, 6.07) is 57.2. The van der Waals surface area contributed by atoms with Gasteiger partial charge in [0.15, 0.2) is 5.82 Å². The fourth-order valence-corrected chi connectivity index (χ4v) is 7.29. The smallest absolute Gasteiger partial charge is 0.164 e. The number of hydrogen-bond donors (Lipinski definition) is 0. The maximum atomic E-state index is 6.45. The molecule has 4 heteroatoms. The molecule has 4 nitrogen and oxygen atoms in total. The second-order valence-electron chi connectivity index (χ2n) is 12.8. The predicted molar refractivity (Wildman–Crippen MR) is 209 cm³/mol. The summed E-state index contributed by atoms with van der Waals surface area (Å²) in [7, 11) is 0. The van der Waals surface area contributed by atoms with Crippen molar-refractivity contribution in [2.45, 2.75) is 0 Å². The van der Waals surface area contributed by atoms with Crippen molar-refractivity contribution in [1.29, 1.82) is 0 Å². The summed E-state index contributed by atoms with van der Waals surface area (Å²) in [5.41, 5.74) is 10.7. The van der Waals surface area contributed by atoms with Crippen LogP contribution in [0.4, 0.5) is 0 Å². The van der Waals surface area contributed by atoms with E-state index >= 15 is 0 Å². The molecule has 0 radical (unpaired) electrons. The van der Waals surface area contributed by atoms with Gasteiger partial charge in [0.05, 0.1) is 17.0 Å². The highest BCUT2D eigenvalue weighted by Gasteiger charge is 2.17. The first kappa shape index (κ1) is 29.0. The van der Waals surface area contributed by atoms with E-state index in [0.29, 0.717) is 5.82 Å². The normalized spacial score (nSPS) is 11.5. The van der Waals surface area contributed by atoms with E-state index in [1.54, 1.807) is 6.20 Å². The highest BCUT2D eigenvalue weighted by molar-refractivity contribution is 6.14. The number of nitrogens with zero attached hydrogens (tertiary/aromatic N) is 3. The predicted octanol–water partition coefficient (Wildman–Crippen LogP) is 12.4. The minimum Gasteiger partial charge on any atom is -0.455 e. The van der Waals surface area contributed by atoms with Gasteiger partial charge in [0, 0.05) is 39.9 Å². The zero-order valence-electron chi connectivity index (χ0n) is 27.5. The van der Waals surface area contributed by atoms with Crippen LogP contribution in [-0.4, -0.2) is 15.0 Å². The van der Waals surface area contributed by atoms with Crippen LogP contribution < -0.4 is 0 Å². The number of para-hydroxylation sites is 2. The largest absolute Gasteiger partial charge is 0.455 e. The summed E-state index contributed by atoms with van der Waals surface area (Å²) < 4.78 is 6.45. The molecular weight excluding hydrogens is 623 g/mol. The highest BCUT2D eigenvalue weighted by Crippen LogP contribution is 2.38.